The molecule has 0 bridgehead atoms. The van der Waals surface area contributed by atoms with E-state index in [1.54, 1.807) is 32.3 Å². The van der Waals surface area contributed by atoms with Crippen molar-refractivity contribution in [3.8, 4) is 0 Å². The Morgan fingerprint density at radius 3 is 2.83 bits per heavy atom. The number of hydrogen-bond acceptors (Lipinski definition) is 3. The van der Waals surface area contributed by atoms with E-state index in [4.69, 9.17) is 11.6 Å². The molecule has 124 valence electrons. The van der Waals surface area contributed by atoms with Crippen molar-refractivity contribution in [3.05, 3.63) is 64.6 Å². The fourth-order valence-electron chi connectivity index (χ4n) is 2.53. The molecule has 0 saturated heterocycles. The molecule has 1 N–H and O–H groups in total. The lowest BCUT2D eigenvalue weighted by atomic mass is 10.1. The minimum absolute atomic E-state index is 0.0573. The number of pyridine rings is 1. The van der Waals surface area contributed by atoms with Gasteiger partial charge >= 0.3 is 0 Å². The van der Waals surface area contributed by atoms with Gasteiger partial charge in [0.1, 0.15) is 5.65 Å². The van der Waals surface area contributed by atoms with E-state index in [0.717, 1.165) is 22.6 Å². The van der Waals surface area contributed by atoms with Gasteiger partial charge in [0, 0.05) is 32.1 Å². The maximum absolute atomic E-state index is 12.1. The van der Waals surface area contributed by atoms with E-state index < -0.39 is 0 Å². The number of hydrogen-bond donors (Lipinski definition) is 1. The highest BCUT2D eigenvalue weighted by molar-refractivity contribution is 6.33. The van der Waals surface area contributed by atoms with Gasteiger partial charge in [0.2, 0.25) is 0 Å². The summed E-state index contributed by atoms with van der Waals surface area (Å²) in [6.45, 7) is 2.56. The molecule has 0 saturated carbocycles. The van der Waals surface area contributed by atoms with Crippen LogP contribution in [0.15, 0.2) is 42.7 Å². The molecule has 0 spiro atoms. The highest BCUT2D eigenvalue weighted by Gasteiger charge is 2.11. The number of nitrogens with zero attached hydrogens (tertiary/aromatic N) is 3. The number of amides is 1. The largest absolute Gasteiger partial charge is 0.378 e. The Morgan fingerprint density at radius 1 is 1.33 bits per heavy atom. The molecule has 2 aromatic heterocycles. The van der Waals surface area contributed by atoms with Crippen LogP contribution in [0.2, 0.25) is 5.02 Å². The predicted octanol–water partition coefficient (Wildman–Crippen LogP) is 3.61. The van der Waals surface area contributed by atoms with Gasteiger partial charge in [0.05, 0.1) is 22.9 Å². The molecule has 24 heavy (non-hydrogen) atoms. The third kappa shape index (κ3) is 3.21. The minimum Gasteiger partial charge on any atom is -0.378 e. The summed E-state index contributed by atoms with van der Waals surface area (Å²) in [6, 6.07) is 9.26. The average molecular weight is 343 g/mol. The number of carbonyl (C=O) groups is 1. The molecule has 0 aliphatic heterocycles. The molecular formula is C18H19ClN4O. The number of benzene rings is 1. The first-order valence-electron chi connectivity index (χ1n) is 7.64. The fraction of sp³-hybridized carbons (Fsp3) is 0.222. The summed E-state index contributed by atoms with van der Waals surface area (Å²) < 4.78 is 2.00. The topological polar surface area (TPSA) is 49.6 Å². The number of anilines is 1. The summed E-state index contributed by atoms with van der Waals surface area (Å²) >= 11 is 6.24. The monoisotopic (exact) mass is 342 g/mol. The van der Waals surface area contributed by atoms with E-state index in [-0.39, 0.29) is 5.91 Å². The first-order chi connectivity index (χ1) is 11.5. The van der Waals surface area contributed by atoms with Crippen molar-refractivity contribution in [2.24, 2.45) is 0 Å². The quantitative estimate of drug-likeness (QED) is 0.788. The highest BCUT2D eigenvalue weighted by atomic mass is 35.5. The number of aryl methyl sites for hydroxylation is 1. The molecule has 0 aliphatic rings. The zero-order valence-electron chi connectivity index (χ0n) is 13.9. The van der Waals surface area contributed by atoms with Crippen LogP contribution in [-0.2, 0) is 6.54 Å². The second-order valence-electron chi connectivity index (χ2n) is 5.90. The Labute approximate surface area is 145 Å². The van der Waals surface area contributed by atoms with E-state index in [2.05, 4.69) is 10.3 Å². The summed E-state index contributed by atoms with van der Waals surface area (Å²) in [5.74, 6) is -0.0573. The molecule has 0 atom stereocenters. The lowest BCUT2D eigenvalue weighted by Crippen LogP contribution is -2.21. The molecule has 0 fully saturated rings. The van der Waals surface area contributed by atoms with Crippen LogP contribution in [0, 0.1) is 6.92 Å². The van der Waals surface area contributed by atoms with Crippen molar-refractivity contribution < 1.29 is 4.79 Å². The molecular weight excluding hydrogens is 324 g/mol. The Hall–Kier alpha value is -2.53. The number of rotatable bonds is 4. The predicted molar refractivity (Wildman–Crippen MR) is 96.7 cm³/mol. The van der Waals surface area contributed by atoms with Gasteiger partial charge < -0.3 is 14.6 Å². The minimum atomic E-state index is -0.0573. The highest BCUT2D eigenvalue weighted by Crippen LogP contribution is 2.24. The Kier molecular flexibility index (Phi) is 4.44. The van der Waals surface area contributed by atoms with E-state index in [1.807, 2.05) is 35.9 Å². The first-order valence-corrected chi connectivity index (χ1v) is 8.02. The summed E-state index contributed by atoms with van der Waals surface area (Å²) in [4.78, 5) is 18.2. The molecule has 1 aromatic carbocycles. The van der Waals surface area contributed by atoms with Crippen LogP contribution in [0.4, 0.5) is 5.69 Å². The van der Waals surface area contributed by atoms with Crippen molar-refractivity contribution in [1.82, 2.24) is 14.3 Å². The van der Waals surface area contributed by atoms with Crippen molar-refractivity contribution in [2.45, 2.75) is 13.5 Å². The number of imidazole rings is 1. The Morgan fingerprint density at radius 2 is 2.12 bits per heavy atom. The lowest BCUT2D eigenvalue weighted by Gasteiger charge is -2.13. The summed E-state index contributed by atoms with van der Waals surface area (Å²) in [5, 5.41) is 3.84. The van der Waals surface area contributed by atoms with E-state index in [9.17, 15) is 4.79 Å². The van der Waals surface area contributed by atoms with E-state index >= 15 is 0 Å². The van der Waals surface area contributed by atoms with E-state index in [0.29, 0.717) is 17.1 Å². The van der Waals surface area contributed by atoms with Gasteiger partial charge in [-0.15, -0.1) is 0 Å². The molecule has 0 radical (unpaired) electrons. The van der Waals surface area contributed by atoms with Gasteiger partial charge in [-0.1, -0.05) is 17.7 Å². The maximum atomic E-state index is 12.1. The first kappa shape index (κ1) is 16.3. The van der Waals surface area contributed by atoms with Crippen LogP contribution < -0.4 is 5.32 Å². The van der Waals surface area contributed by atoms with Gasteiger partial charge in [0.15, 0.2) is 0 Å². The third-order valence-corrected chi connectivity index (χ3v) is 4.14. The zero-order valence-corrected chi connectivity index (χ0v) is 14.6. The van der Waals surface area contributed by atoms with Gasteiger partial charge in [-0.25, -0.2) is 4.98 Å². The fourth-order valence-corrected chi connectivity index (χ4v) is 2.71. The smallest absolute Gasteiger partial charge is 0.253 e. The molecule has 1 amide bonds. The molecule has 0 unspecified atom stereocenters. The summed E-state index contributed by atoms with van der Waals surface area (Å²) in [7, 11) is 3.45. The Balaban J connectivity index is 1.81. The second-order valence-corrected chi connectivity index (χ2v) is 6.31. The number of fused-ring (bicyclic) bond motifs is 1. The van der Waals surface area contributed by atoms with Crippen molar-refractivity contribution in [2.75, 3.05) is 19.4 Å². The van der Waals surface area contributed by atoms with Crippen LogP contribution in [0.1, 0.15) is 21.6 Å². The molecule has 0 aliphatic carbocycles. The molecule has 2 heterocycles. The van der Waals surface area contributed by atoms with E-state index in [1.165, 1.54) is 4.90 Å². The standard InChI is InChI=1S/C18H19ClN4O/c1-12-5-4-8-23-11-14(21-17(12)23)10-20-16-9-13(6-7-15(16)19)18(24)22(2)3/h4-9,11,20H,10H2,1-3H3. The summed E-state index contributed by atoms with van der Waals surface area (Å²) in [5.41, 5.74) is 4.29. The maximum Gasteiger partial charge on any atom is 0.253 e. The van der Waals surface area contributed by atoms with Gasteiger partial charge in [-0.2, -0.15) is 0 Å². The van der Waals surface area contributed by atoms with Crippen LogP contribution in [-0.4, -0.2) is 34.3 Å². The number of nitrogens with one attached hydrogen (secondary N) is 1. The van der Waals surface area contributed by atoms with Crippen LogP contribution >= 0.6 is 11.6 Å². The van der Waals surface area contributed by atoms with Gasteiger partial charge in [-0.05, 0) is 36.8 Å². The van der Waals surface area contributed by atoms with Crippen LogP contribution in [0.5, 0.6) is 0 Å². The third-order valence-electron chi connectivity index (χ3n) is 3.81. The molecule has 3 rings (SSSR count). The number of carbonyl (C=O) groups excluding carboxylic acids is 1. The van der Waals surface area contributed by atoms with Crippen molar-refractivity contribution in [1.29, 1.82) is 0 Å². The van der Waals surface area contributed by atoms with Gasteiger partial charge in [0.25, 0.3) is 5.91 Å². The molecule has 6 heteroatoms. The molecule has 3 aromatic rings. The average Bonchev–Trinajstić information content (AvgIpc) is 2.98. The van der Waals surface area contributed by atoms with Crippen LogP contribution in [0.3, 0.4) is 0 Å². The SMILES string of the molecule is Cc1cccn2cc(CNc3cc(C(=O)N(C)C)ccc3Cl)nc12. The van der Waals surface area contributed by atoms with Gasteiger partial charge in [-0.3, -0.25) is 4.79 Å². The van der Waals surface area contributed by atoms with Crippen molar-refractivity contribution >= 4 is 28.8 Å². The molecule has 5 nitrogen and oxygen atoms in total. The zero-order chi connectivity index (χ0) is 17.3. The van der Waals surface area contributed by atoms with Crippen molar-refractivity contribution in [3.63, 3.8) is 0 Å². The normalized spacial score (nSPS) is 10.8. The lowest BCUT2D eigenvalue weighted by molar-refractivity contribution is 0.0827. The Bertz CT molecular complexity index is 901. The number of halogens is 1. The number of aromatic nitrogens is 2. The summed E-state index contributed by atoms with van der Waals surface area (Å²) in [6.07, 6.45) is 3.96. The van der Waals surface area contributed by atoms with Crippen LogP contribution in [0.25, 0.3) is 5.65 Å². The second kappa shape index (κ2) is 6.53.